The first-order valence-corrected chi connectivity index (χ1v) is 8.96. The summed E-state index contributed by atoms with van der Waals surface area (Å²) in [5.41, 5.74) is 1.18. The van der Waals surface area contributed by atoms with Crippen molar-refractivity contribution in [3.8, 4) is 0 Å². The van der Waals surface area contributed by atoms with Crippen LogP contribution >= 0.6 is 11.3 Å². The van der Waals surface area contributed by atoms with Gasteiger partial charge in [-0.3, -0.25) is 4.79 Å². The van der Waals surface area contributed by atoms with E-state index in [0.717, 1.165) is 41.9 Å². The SMILES string of the molecule is Cc1csc2ncnc(N[C@@H]3CCC(=O)N[C@@H]3[C@H]3CCCO3)c12. The van der Waals surface area contributed by atoms with Gasteiger partial charge in [0.2, 0.25) is 5.91 Å². The Morgan fingerprint density at radius 3 is 3.13 bits per heavy atom. The van der Waals surface area contributed by atoms with Crippen LogP contribution in [-0.4, -0.2) is 40.7 Å². The van der Waals surface area contributed by atoms with Crippen LogP contribution in [0.4, 0.5) is 5.82 Å². The first-order valence-electron chi connectivity index (χ1n) is 8.08. The van der Waals surface area contributed by atoms with Gasteiger partial charge in [0, 0.05) is 13.0 Å². The van der Waals surface area contributed by atoms with Gasteiger partial charge >= 0.3 is 0 Å². The second-order valence-electron chi connectivity index (χ2n) is 6.26. The number of amides is 1. The molecule has 4 heterocycles. The van der Waals surface area contributed by atoms with Crippen LogP contribution < -0.4 is 10.6 Å². The lowest BCUT2D eigenvalue weighted by Gasteiger charge is -2.36. The Kier molecular flexibility index (Phi) is 3.90. The Bertz CT molecular complexity index is 726. The highest BCUT2D eigenvalue weighted by Gasteiger charge is 2.37. The Hall–Kier alpha value is -1.73. The average Bonchev–Trinajstić information content (AvgIpc) is 3.20. The minimum absolute atomic E-state index is 0.00251. The van der Waals surface area contributed by atoms with Crippen molar-refractivity contribution in [2.75, 3.05) is 11.9 Å². The molecule has 0 aromatic carbocycles. The summed E-state index contributed by atoms with van der Waals surface area (Å²) in [5.74, 6) is 0.973. The van der Waals surface area contributed by atoms with Crippen LogP contribution in [0.25, 0.3) is 10.2 Å². The number of ether oxygens (including phenoxy) is 1. The fraction of sp³-hybridized carbons (Fsp3) is 0.562. The summed E-state index contributed by atoms with van der Waals surface area (Å²) in [6.45, 7) is 2.86. The number of rotatable bonds is 3. The van der Waals surface area contributed by atoms with E-state index in [2.05, 4.69) is 32.9 Å². The van der Waals surface area contributed by atoms with E-state index in [9.17, 15) is 4.79 Å². The zero-order chi connectivity index (χ0) is 15.8. The molecule has 2 aromatic heterocycles. The number of aryl methyl sites for hydroxylation is 1. The predicted octanol–water partition coefficient (Wildman–Crippen LogP) is 2.24. The molecule has 0 aliphatic carbocycles. The second-order valence-corrected chi connectivity index (χ2v) is 7.11. The molecule has 6 nitrogen and oxygen atoms in total. The quantitative estimate of drug-likeness (QED) is 0.901. The molecule has 7 heteroatoms. The number of carbonyl (C=O) groups is 1. The van der Waals surface area contributed by atoms with E-state index in [1.165, 1.54) is 5.56 Å². The zero-order valence-electron chi connectivity index (χ0n) is 13.0. The molecule has 4 rings (SSSR count). The molecule has 2 N–H and O–H groups in total. The highest BCUT2D eigenvalue weighted by Crippen LogP contribution is 2.31. The number of nitrogens with one attached hydrogen (secondary N) is 2. The Balaban J connectivity index is 1.62. The predicted molar refractivity (Wildman–Crippen MR) is 89.7 cm³/mol. The minimum atomic E-state index is 0.00251. The van der Waals surface area contributed by atoms with Gasteiger partial charge < -0.3 is 15.4 Å². The van der Waals surface area contributed by atoms with Gasteiger partial charge in [0.05, 0.1) is 23.6 Å². The monoisotopic (exact) mass is 332 g/mol. The lowest BCUT2D eigenvalue weighted by molar-refractivity contribution is -0.124. The topological polar surface area (TPSA) is 76.1 Å². The van der Waals surface area contributed by atoms with Gasteiger partial charge in [0.1, 0.15) is 17.0 Å². The van der Waals surface area contributed by atoms with Crippen LogP contribution in [-0.2, 0) is 9.53 Å². The van der Waals surface area contributed by atoms with E-state index >= 15 is 0 Å². The molecular weight excluding hydrogens is 312 g/mol. The number of hydrogen-bond donors (Lipinski definition) is 2. The third-order valence-corrected chi connectivity index (χ3v) is 5.69. The maximum Gasteiger partial charge on any atom is 0.220 e. The van der Waals surface area contributed by atoms with Gasteiger partial charge in [0.25, 0.3) is 0 Å². The average molecular weight is 332 g/mol. The van der Waals surface area contributed by atoms with Crippen molar-refractivity contribution in [2.24, 2.45) is 0 Å². The van der Waals surface area contributed by atoms with Crippen LogP contribution in [0.5, 0.6) is 0 Å². The number of thiophene rings is 1. The van der Waals surface area contributed by atoms with E-state index in [1.54, 1.807) is 17.7 Å². The van der Waals surface area contributed by atoms with Crippen molar-refractivity contribution in [1.82, 2.24) is 15.3 Å². The molecular formula is C16H20N4O2S. The van der Waals surface area contributed by atoms with Gasteiger partial charge in [-0.05, 0) is 37.1 Å². The van der Waals surface area contributed by atoms with Gasteiger partial charge in [-0.25, -0.2) is 9.97 Å². The summed E-state index contributed by atoms with van der Waals surface area (Å²) >= 11 is 1.63. The molecule has 122 valence electrons. The van der Waals surface area contributed by atoms with Crippen LogP contribution in [0.15, 0.2) is 11.7 Å². The standard InChI is InChI=1S/C16H20N4O2S/c1-9-7-23-16-13(9)15(17-8-18-16)19-10-4-5-12(21)20-14(10)11-3-2-6-22-11/h7-8,10-11,14H,2-6H2,1H3,(H,20,21)(H,17,18,19)/t10-,11-,14+/m1/s1. The molecule has 2 aliphatic rings. The molecule has 2 fully saturated rings. The van der Waals surface area contributed by atoms with Gasteiger partial charge in [-0.1, -0.05) is 0 Å². The number of carbonyl (C=O) groups excluding carboxylic acids is 1. The summed E-state index contributed by atoms with van der Waals surface area (Å²) in [7, 11) is 0. The summed E-state index contributed by atoms with van der Waals surface area (Å²) in [6.07, 6.45) is 5.09. The summed E-state index contributed by atoms with van der Waals surface area (Å²) < 4.78 is 5.82. The molecule has 1 amide bonds. The van der Waals surface area contributed by atoms with Gasteiger partial charge in [-0.15, -0.1) is 11.3 Å². The second kappa shape index (κ2) is 6.05. The summed E-state index contributed by atoms with van der Waals surface area (Å²) in [5, 5.41) is 9.86. The number of aromatic nitrogens is 2. The van der Waals surface area contributed by atoms with Crippen LogP contribution in [0.1, 0.15) is 31.2 Å². The Morgan fingerprint density at radius 2 is 2.30 bits per heavy atom. The molecule has 0 bridgehead atoms. The molecule has 2 aromatic rings. The smallest absolute Gasteiger partial charge is 0.220 e. The number of fused-ring (bicyclic) bond motifs is 1. The highest BCUT2D eigenvalue weighted by molar-refractivity contribution is 7.17. The largest absolute Gasteiger partial charge is 0.376 e. The van der Waals surface area contributed by atoms with E-state index in [4.69, 9.17) is 4.74 Å². The molecule has 2 saturated heterocycles. The van der Waals surface area contributed by atoms with Crippen LogP contribution in [0.3, 0.4) is 0 Å². The molecule has 2 aliphatic heterocycles. The summed E-state index contributed by atoms with van der Waals surface area (Å²) in [4.78, 5) is 21.6. The lowest BCUT2D eigenvalue weighted by Crippen LogP contribution is -2.56. The van der Waals surface area contributed by atoms with Gasteiger partial charge in [-0.2, -0.15) is 0 Å². The van der Waals surface area contributed by atoms with E-state index in [1.807, 2.05) is 0 Å². The number of hydrogen-bond acceptors (Lipinski definition) is 6. The van der Waals surface area contributed by atoms with Crippen molar-refractivity contribution in [1.29, 1.82) is 0 Å². The zero-order valence-corrected chi connectivity index (χ0v) is 13.9. The normalized spacial score (nSPS) is 28.0. The van der Waals surface area contributed by atoms with E-state index < -0.39 is 0 Å². The molecule has 0 saturated carbocycles. The van der Waals surface area contributed by atoms with Crippen LogP contribution in [0.2, 0.25) is 0 Å². The fourth-order valence-electron chi connectivity index (χ4n) is 3.53. The molecule has 0 spiro atoms. The lowest BCUT2D eigenvalue weighted by atomic mass is 9.92. The van der Waals surface area contributed by atoms with Crippen molar-refractivity contribution >= 4 is 33.3 Å². The van der Waals surface area contributed by atoms with Crippen molar-refractivity contribution < 1.29 is 9.53 Å². The molecule has 0 radical (unpaired) electrons. The van der Waals surface area contributed by atoms with Crippen LogP contribution in [0, 0.1) is 6.92 Å². The number of nitrogens with zero attached hydrogens (tertiary/aromatic N) is 2. The third kappa shape index (κ3) is 2.79. The van der Waals surface area contributed by atoms with Gasteiger partial charge in [0.15, 0.2) is 0 Å². The minimum Gasteiger partial charge on any atom is -0.376 e. The maximum absolute atomic E-state index is 11.8. The summed E-state index contributed by atoms with van der Waals surface area (Å²) in [6, 6.07) is 0.135. The highest BCUT2D eigenvalue weighted by atomic mass is 32.1. The molecule has 23 heavy (non-hydrogen) atoms. The first-order chi connectivity index (χ1) is 11.2. The Labute approximate surface area is 138 Å². The van der Waals surface area contributed by atoms with Crippen molar-refractivity contribution in [3.63, 3.8) is 0 Å². The molecule has 0 unspecified atom stereocenters. The maximum atomic E-state index is 11.8. The Morgan fingerprint density at radius 1 is 1.39 bits per heavy atom. The number of anilines is 1. The first kappa shape index (κ1) is 14.8. The van der Waals surface area contributed by atoms with E-state index in [-0.39, 0.29) is 24.1 Å². The number of piperidine rings is 1. The third-order valence-electron chi connectivity index (χ3n) is 4.69. The van der Waals surface area contributed by atoms with E-state index in [0.29, 0.717) is 6.42 Å². The van der Waals surface area contributed by atoms with Crippen molar-refractivity contribution in [2.45, 2.75) is 50.8 Å². The fourth-order valence-corrected chi connectivity index (χ4v) is 4.42. The van der Waals surface area contributed by atoms with Crippen molar-refractivity contribution in [3.05, 3.63) is 17.3 Å². The molecule has 3 atom stereocenters.